The predicted molar refractivity (Wildman–Crippen MR) is 49.8 cm³/mol. The van der Waals surface area contributed by atoms with Gasteiger partial charge in [-0.15, -0.1) is 0 Å². The van der Waals surface area contributed by atoms with Gasteiger partial charge in [0.05, 0.1) is 0 Å². The van der Waals surface area contributed by atoms with E-state index < -0.39 is 0 Å². The lowest BCUT2D eigenvalue weighted by molar-refractivity contribution is 0.437. The number of hydrogen-bond donors (Lipinski definition) is 1. The van der Waals surface area contributed by atoms with Crippen LogP contribution in [0.3, 0.4) is 0 Å². The Labute approximate surface area is 77.8 Å². The molecule has 0 atom stereocenters. The van der Waals surface area contributed by atoms with Gasteiger partial charge in [-0.3, -0.25) is 0 Å². The van der Waals surface area contributed by atoms with Crippen molar-refractivity contribution in [2.75, 3.05) is 0 Å². The second kappa shape index (κ2) is 2.98. The highest BCUT2D eigenvalue weighted by atomic mass is 16.3. The second-order valence-corrected chi connectivity index (χ2v) is 3.94. The number of aromatic hydroxyl groups is 1. The van der Waals surface area contributed by atoms with Crippen LogP contribution in [0.2, 0.25) is 0 Å². The van der Waals surface area contributed by atoms with E-state index in [4.69, 9.17) is 0 Å². The lowest BCUT2D eigenvalue weighted by Crippen LogP contribution is -1.97. The first kappa shape index (κ1) is 8.48. The van der Waals surface area contributed by atoms with Crippen molar-refractivity contribution in [1.82, 2.24) is 9.97 Å². The molecule has 13 heavy (non-hydrogen) atoms. The third-order valence-electron chi connectivity index (χ3n) is 2.38. The zero-order valence-corrected chi connectivity index (χ0v) is 7.99. The molecule has 1 aliphatic carbocycles. The third-order valence-corrected chi connectivity index (χ3v) is 2.38. The van der Waals surface area contributed by atoms with Crippen molar-refractivity contribution >= 4 is 0 Å². The fraction of sp³-hybridized carbons (Fsp3) is 0.600. The van der Waals surface area contributed by atoms with Crippen LogP contribution in [0.25, 0.3) is 0 Å². The molecule has 0 spiro atoms. The van der Waals surface area contributed by atoms with E-state index in [0.29, 0.717) is 5.92 Å². The van der Waals surface area contributed by atoms with Crippen molar-refractivity contribution in [2.24, 2.45) is 0 Å². The van der Waals surface area contributed by atoms with Gasteiger partial charge in [-0.05, 0) is 18.8 Å². The number of rotatable bonds is 2. The van der Waals surface area contributed by atoms with Gasteiger partial charge < -0.3 is 5.11 Å². The van der Waals surface area contributed by atoms with Gasteiger partial charge in [0.25, 0.3) is 0 Å². The number of aromatic nitrogens is 2. The van der Waals surface area contributed by atoms with Crippen molar-refractivity contribution in [1.29, 1.82) is 0 Å². The Balaban J connectivity index is 2.31. The SMILES string of the molecule is CC(C)c1cnc(C2CC2)nc1O. The minimum absolute atomic E-state index is 0.159. The smallest absolute Gasteiger partial charge is 0.217 e. The standard InChI is InChI=1S/C10H14N2O/c1-6(2)8-5-11-9(7-3-4-7)12-10(8)13/h5-7H,3-4H2,1-2H3,(H,11,12,13). The monoisotopic (exact) mass is 178 g/mol. The number of hydrogen-bond acceptors (Lipinski definition) is 3. The molecule has 1 aliphatic rings. The van der Waals surface area contributed by atoms with Crippen LogP contribution in [0.15, 0.2) is 6.20 Å². The summed E-state index contributed by atoms with van der Waals surface area (Å²) >= 11 is 0. The normalized spacial score (nSPS) is 16.5. The van der Waals surface area contributed by atoms with E-state index in [1.54, 1.807) is 6.20 Å². The van der Waals surface area contributed by atoms with Gasteiger partial charge in [0.2, 0.25) is 5.88 Å². The molecule has 0 aliphatic heterocycles. The average Bonchev–Trinajstić information content (AvgIpc) is 2.85. The van der Waals surface area contributed by atoms with Crippen LogP contribution in [0.1, 0.15) is 49.9 Å². The Bertz CT molecular complexity index is 319. The maximum absolute atomic E-state index is 9.59. The zero-order valence-electron chi connectivity index (χ0n) is 7.99. The molecule has 0 bridgehead atoms. The summed E-state index contributed by atoms with van der Waals surface area (Å²) in [6.45, 7) is 4.05. The van der Waals surface area contributed by atoms with Crippen molar-refractivity contribution in [3.05, 3.63) is 17.6 Å². The first-order valence-electron chi connectivity index (χ1n) is 4.74. The van der Waals surface area contributed by atoms with Gasteiger partial charge in [-0.1, -0.05) is 13.8 Å². The summed E-state index contributed by atoms with van der Waals surface area (Å²) in [6.07, 6.45) is 4.08. The van der Waals surface area contributed by atoms with E-state index >= 15 is 0 Å². The molecule has 0 saturated heterocycles. The van der Waals surface area contributed by atoms with Gasteiger partial charge in [-0.2, -0.15) is 4.98 Å². The molecule has 70 valence electrons. The topological polar surface area (TPSA) is 46.0 Å². The molecule has 1 aromatic heterocycles. The Morgan fingerprint density at radius 3 is 2.62 bits per heavy atom. The van der Waals surface area contributed by atoms with Crippen molar-refractivity contribution in [3.8, 4) is 5.88 Å². The molecule has 3 heteroatoms. The minimum Gasteiger partial charge on any atom is -0.493 e. The van der Waals surface area contributed by atoms with Crippen LogP contribution in [-0.2, 0) is 0 Å². The molecule has 1 N–H and O–H groups in total. The van der Waals surface area contributed by atoms with E-state index in [9.17, 15) is 5.11 Å². The Morgan fingerprint density at radius 1 is 1.46 bits per heavy atom. The summed E-state index contributed by atoms with van der Waals surface area (Å²) in [5, 5.41) is 9.59. The Kier molecular flexibility index (Phi) is 1.94. The molecule has 2 rings (SSSR count). The molecule has 0 amide bonds. The van der Waals surface area contributed by atoms with Crippen LogP contribution < -0.4 is 0 Å². The maximum Gasteiger partial charge on any atom is 0.217 e. The first-order valence-corrected chi connectivity index (χ1v) is 4.74. The zero-order chi connectivity index (χ0) is 9.42. The van der Waals surface area contributed by atoms with Crippen molar-refractivity contribution in [3.63, 3.8) is 0 Å². The average molecular weight is 178 g/mol. The predicted octanol–water partition coefficient (Wildman–Crippen LogP) is 2.18. The Hall–Kier alpha value is -1.12. The summed E-state index contributed by atoms with van der Waals surface area (Å²) in [6, 6.07) is 0. The summed E-state index contributed by atoms with van der Waals surface area (Å²) < 4.78 is 0. The van der Waals surface area contributed by atoms with Gasteiger partial charge in [0.15, 0.2) is 0 Å². The lowest BCUT2D eigenvalue weighted by Gasteiger charge is -2.07. The number of nitrogens with zero attached hydrogens (tertiary/aromatic N) is 2. The van der Waals surface area contributed by atoms with Crippen LogP contribution in [-0.4, -0.2) is 15.1 Å². The van der Waals surface area contributed by atoms with E-state index in [0.717, 1.165) is 11.4 Å². The molecule has 1 aromatic rings. The van der Waals surface area contributed by atoms with Crippen LogP contribution in [0.4, 0.5) is 0 Å². The highest BCUT2D eigenvalue weighted by Crippen LogP contribution is 2.39. The highest BCUT2D eigenvalue weighted by Gasteiger charge is 2.27. The quantitative estimate of drug-likeness (QED) is 0.755. The van der Waals surface area contributed by atoms with Gasteiger partial charge in [0.1, 0.15) is 5.82 Å². The summed E-state index contributed by atoms with van der Waals surface area (Å²) in [5.41, 5.74) is 0.837. The van der Waals surface area contributed by atoms with Crippen LogP contribution in [0, 0.1) is 0 Å². The fourth-order valence-electron chi connectivity index (χ4n) is 1.34. The van der Waals surface area contributed by atoms with E-state index in [2.05, 4.69) is 9.97 Å². The Morgan fingerprint density at radius 2 is 2.15 bits per heavy atom. The van der Waals surface area contributed by atoms with Crippen molar-refractivity contribution in [2.45, 2.75) is 38.5 Å². The minimum atomic E-state index is 0.159. The summed E-state index contributed by atoms with van der Waals surface area (Å²) in [4.78, 5) is 8.35. The lowest BCUT2D eigenvalue weighted by atomic mass is 10.1. The molecule has 0 radical (unpaired) electrons. The second-order valence-electron chi connectivity index (χ2n) is 3.94. The maximum atomic E-state index is 9.59. The van der Waals surface area contributed by atoms with Gasteiger partial charge in [-0.25, -0.2) is 4.98 Å². The molecule has 0 aromatic carbocycles. The van der Waals surface area contributed by atoms with E-state index in [1.807, 2.05) is 13.8 Å². The van der Waals surface area contributed by atoms with Crippen molar-refractivity contribution < 1.29 is 5.11 Å². The third kappa shape index (κ3) is 1.64. The summed E-state index contributed by atoms with van der Waals surface area (Å²) in [7, 11) is 0. The highest BCUT2D eigenvalue weighted by molar-refractivity contribution is 5.26. The van der Waals surface area contributed by atoms with E-state index in [1.165, 1.54) is 12.8 Å². The molecule has 1 saturated carbocycles. The largest absolute Gasteiger partial charge is 0.493 e. The summed E-state index contributed by atoms with van der Waals surface area (Å²) in [5.74, 6) is 1.76. The molecule has 1 heterocycles. The molecular formula is C10H14N2O. The van der Waals surface area contributed by atoms with E-state index in [-0.39, 0.29) is 11.8 Å². The van der Waals surface area contributed by atoms with Gasteiger partial charge in [0, 0.05) is 17.7 Å². The molecule has 1 fully saturated rings. The first-order chi connectivity index (χ1) is 6.18. The van der Waals surface area contributed by atoms with Gasteiger partial charge >= 0.3 is 0 Å². The molecule has 3 nitrogen and oxygen atoms in total. The molecular weight excluding hydrogens is 164 g/mol. The van der Waals surface area contributed by atoms with Crippen LogP contribution in [0.5, 0.6) is 5.88 Å². The fourth-order valence-corrected chi connectivity index (χ4v) is 1.34. The van der Waals surface area contributed by atoms with Crippen LogP contribution >= 0.6 is 0 Å². The molecule has 0 unspecified atom stereocenters.